The van der Waals surface area contributed by atoms with E-state index in [2.05, 4.69) is 5.32 Å². The second-order valence-corrected chi connectivity index (χ2v) is 4.16. The molecule has 0 spiro atoms. The highest BCUT2D eigenvalue weighted by Crippen LogP contribution is 2.38. The SMILES string of the molecule is CCNCc1cc2c(cc1OCCC(N)=O)OCO2. The summed E-state index contributed by atoms with van der Waals surface area (Å²) in [5, 5.41) is 3.23. The summed E-state index contributed by atoms with van der Waals surface area (Å²) in [7, 11) is 0. The van der Waals surface area contributed by atoms with Crippen LogP contribution in [0.2, 0.25) is 0 Å². The van der Waals surface area contributed by atoms with Crippen molar-refractivity contribution in [3.05, 3.63) is 17.7 Å². The van der Waals surface area contributed by atoms with Crippen molar-refractivity contribution in [1.82, 2.24) is 5.32 Å². The quantitative estimate of drug-likeness (QED) is 0.762. The van der Waals surface area contributed by atoms with E-state index in [0.29, 0.717) is 18.0 Å². The topological polar surface area (TPSA) is 82.8 Å². The molecule has 2 rings (SSSR count). The van der Waals surface area contributed by atoms with Gasteiger partial charge < -0.3 is 25.3 Å². The molecular weight excluding hydrogens is 248 g/mol. The number of carbonyl (C=O) groups excluding carboxylic acids is 1. The molecule has 0 unspecified atom stereocenters. The third-order valence-electron chi connectivity index (χ3n) is 2.73. The molecule has 0 aliphatic carbocycles. The number of rotatable bonds is 7. The highest BCUT2D eigenvalue weighted by Gasteiger charge is 2.18. The third kappa shape index (κ3) is 3.51. The molecule has 1 aliphatic rings. The summed E-state index contributed by atoms with van der Waals surface area (Å²) >= 11 is 0. The molecule has 0 radical (unpaired) electrons. The van der Waals surface area contributed by atoms with Gasteiger partial charge in [0.25, 0.3) is 0 Å². The van der Waals surface area contributed by atoms with Crippen molar-refractivity contribution in [2.75, 3.05) is 19.9 Å². The lowest BCUT2D eigenvalue weighted by atomic mass is 10.1. The maximum absolute atomic E-state index is 10.7. The summed E-state index contributed by atoms with van der Waals surface area (Å²) < 4.78 is 16.2. The van der Waals surface area contributed by atoms with E-state index in [-0.39, 0.29) is 25.7 Å². The molecule has 0 atom stereocenters. The van der Waals surface area contributed by atoms with Gasteiger partial charge in [0.1, 0.15) is 5.75 Å². The van der Waals surface area contributed by atoms with Crippen molar-refractivity contribution in [2.24, 2.45) is 5.73 Å². The predicted octanol–water partition coefficient (Wildman–Crippen LogP) is 0.779. The summed E-state index contributed by atoms with van der Waals surface area (Å²) in [6.45, 7) is 4.03. The molecule has 104 valence electrons. The first-order valence-electron chi connectivity index (χ1n) is 6.25. The zero-order valence-corrected chi connectivity index (χ0v) is 10.9. The Kier molecular flexibility index (Phi) is 4.46. The molecule has 0 bridgehead atoms. The minimum absolute atomic E-state index is 0.190. The molecule has 0 saturated heterocycles. The zero-order valence-electron chi connectivity index (χ0n) is 10.9. The van der Waals surface area contributed by atoms with Crippen LogP contribution in [0.5, 0.6) is 17.2 Å². The van der Waals surface area contributed by atoms with Crippen molar-refractivity contribution in [2.45, 2.75) is 19.9 Å². The summed E-state index contributed by atoms with van der Waals surface area (Å²) in [4.78, 5) is 10.7. The number of fused-ring (bicyclic) bond motifs is 1. The Morgan fingerprint density at radius 3 is 2.84 bits per heavy atom. The number of carbonyl (C=O) groups is 1. The molecule has 0 fully saturated rings. The molecule has 1 amide bonds. The lowest BCUT2D eigenvalue weighted by molar-refractivity contribution is -0.118. The van der Waals surface area contributed by atoms with Gasteiger partial charge in [-0.05, 0) is 12.6 Å². The first kappa shape index (κ1) is 13.5. The van der Waals surface area contributed by atoms with Gasteiger partial charge in [0.05, 0.1) is 13.0 Å². The van der Waals surface area contributed by atoms with Crippen LogP contribution in [0.3, 0.4) is 0 Å². The molecule has 0 aromatic heterocycles. The van der Waals surface area contributed by atoms with Crippen molar-refractivity contribution in [3.8, 4) is 17.2 Å². The van der Waals surface area contributed by atoms with E-state index in [1.54, 1.807) is 6.07 Å². The molecule has 1 heterocycles. The van der Waals surface area contributed by atoms with E-state index >= 15 is 0 Å². The number of primary amides is 1. The van der Waals surface area contributed by atoms with Gasteiger partial charge in [-0.2, -0.15) is 0 Å². The number of ether oxygens (including phenoxy) is 3. The van der Waals surface area contributed by atoms with Crippen LogP contribution in [0.25, 0.3) is 0 Å². The van der Waals surface area contributed by atoms with Crippen LogP contribution in [0, 0.1) is 0 Å². The Hall–Kier alpha value is -1.95. The van der Waals surface area contributed by atoms with Crippen molar-refractivity contribution in [1.29, 1.82) is 0 Å². The standard InChI is InChI=1S/C13H18N2O4/c1-2-15-7-9-5-11-12(19-8-18-11)6-10(9)17-4-3-13(14)16/h5-6,15H,2-4,7-8H2,1H3,(H2,14,16). The monoisotopic (exact) mass is 266 g/mol. The molecule has 1 aliphatic heterocycles. The molecule has 6 heteroatoms. The van der Waals surface area contributed by atoms with Crippen LogP contribution in [0.15, 0.2) is 12.1 Å². The van der Waals surface area contributed by atoms with Crippen LogP contribution >= 0.6 is 0 Å². The molecule has 19 heavy (non-hydrogen) atoms. The van der Waals surface area contributed by atoms with Crippen LogP contribution in [0.1, 0.15) is 18.9 Å². The van der Waals surface area contributed by atoms with Crippen molar-refractivity contribution >= 4 is 5.91 Å². The number of nitrogens with two attached hydrogens (primary N) is 1. The highest BCUT2D eigenvalue weighted by molar-refractivity contribution is 5.73. The Morgan fingerprint density at radius 2 is 2.16 bits per heavy atom. The Balaban J connectivity index is 2.11. The van der Waals surface area contributed by atoms with Gasteiger partial charge in [0, 0.05) is 18.2 Å². The minimum atomic E-state index is -0.381. The second-order valence-electron chi connectivity index (χ2n) is 4.16. The lowest BCUT2D eigenvalue weighted by Gasteiger charge is -2.12. The number of hydrogen-bond acceptors (Lipinski definition) is 5. The first-order chi connectivity index (χ1) is 9.20. The van der Waals surface area contributed by atoms with Gasteiger partial charge in [0.2, 0.25) is 12.7 Å². The molecule has 6 nitrogen and oxygen atoms in total. The summed E-state index contributed by atoms with van der Waals surface area (Å²) in [6.07, 6.45) is 0.190. The maximum atomic E-state index is 10.7. The average molecular weight is 266 g/mol. The summed E-state index contributed by atoms with van der Waals surface area (Å²) in [5.41, 5.74) is 6.06. The van der Waals surface area contributed by atoms with Gasteiger partial charge in [0.15, 0.2) is 11.5 Å². The number of hydrogen-bond donors (Lipinski definition) is 2. The minimum Gasteiger partial charge on any atom is -0.493 e. The van der Waals surface area contributed by atoms with E-state index in [0.717, 1.165) is 17.9 Å². The van der Waals surface area contributed by atoms with Crippen molar-refractivity contribution in [3.63, 3.8) is 0 Å². The van der Waals surface area contributed by atoms with E-state index in [1.165, 1.54) is 0 Å². The fourth-order valence-electron chi connectivity index (χ4n) is 1.76. The fraction of sp³-hybridized carbons (Fsp3) is 0.462. The van der Waals surface area contributed by atoms with E-state index in [4.69, 9.17) is 19.9 Å². The van der Waals surface area contributed by atoms with E-state index < -0.39 is 0 Å². The van der Waals surface area contributed by atoms with E-state index in [1.807, 2.05) is 13.0 Å². The van der Waals surface area contributed by atoms with E-state index in [9.17, 15) is 4.79 Å². The Morgan fingerprint density at radius 1 is 1.42 bits per heavy atom. The first-order valence-corrected chi connectivity index (χ1v) is 6.25. The van der Waals surface area contributed by atoms with Crippen LogP contribution in [-0.4, -0.2) is 25.9 Å². The van der Waals surface area contributed by atoms with Crippen molar-refractivity contribution < 1.29 is 19.0 Å². The summed E-state index contributed by atoms with van der Waals surface area (Å²) in [5.74, 6) is 1.69. The summed E-state index contributed by atoms with van der Waals surface area (Å²) in [6, 6.07) is 3.68. The van der Waals surface area contributed by atoms with Crippen LogP contribution < -0.4 is 25.3 Å². The number of amides is 1. The zero-order chi connectivity index (χ0) is 13.7. The second kappa shape index (κ2) is 6.29. The molecule has 3 N–H and O–H groups in total. The molecule has 0 saturated carbocycles. The maximum Gasteiger partial charge on any atom is 0.231 e. The predicted molar refractivity (Wildman–Crippen MR) is 69.3 cm³/mol. The Bertz CT molecular complexity index is 462. The largest absolute Gasteiger partial charge is 0.493 e. The van der Waals surface area contributed by atoms with Crippen LogP contribution in [0.4, 0.5) is 0 Å². The number of nitrogens with one attached hydrogen (secondary N) is 1. The fourth-order valence-corrected chi connectivity index (χ4v) is 1.76. The Labute approximate surface area is 111 Å². The molecular formula is C13H18N2O4. The molecule has 1 aromatic rings. The smallest absolute Gasteiger partial charge is 0.231 e. The van der Waals surface area contributed by atoms with Gasteiger partial charge in [-0.3, -0.25) is 4.79 Å². The lowest BCUT2D eigenvalue weighted by Crippen LogP contribution is -2.16. The van der Waals surface area contributed by atoms with Gasteiger partial charge in [-0.1, -0.05) is 6.92 Å². The third-order valence-corrected chi connectivity index (χ3v) is 2.73. The van der Waals surface area contributed by atoms with Gasteiger partial charge in [-0.25, -0.2) is 0 Å². The van der Waals surface area contributed by atoms with Gasteiger partial charge >= 0.3 is 0 Å². The van der Waals surface area contributed by atoms with Gasteiger partial charge in [-0.15, -0.1) is 0 Å². The average Bonchev–Trinajstić information content (AvgIpc) is 2.82. The highest BCUT2D eigenvalue weighted by atomic mass is 16.7. The molecule has 1 aromatic carbocycles. The normalized spacial score (nSPS) is 12.5. The van der Waals surface area contributed by atoms with Crippen LogP contribution in [-0.2, 0) is 11.3 Å². The number of benzene rings is 1.